The molecule has 2 atom stereocenters. The van der Waals surface area contributed by atoms with Crippen LogP contribution in [-0.2, 0) is 0 Å². The van der Waals surface area contributed by atoms with Crippen molar-refractivity contribution in [2.24, 2.45) is 0 Å². The lowest BCUT2D eigenvalue weighted by Crippen LogP contribution is -2.22. The van der Waals surface area contributed by atoms with Gasteiger partial charge in [0.05, 0.1) is 0 Å². The fourth-order valence-corrected chi connectivity index (χ4v) is 2.39. The van der Waals surface area contributed by atoms with Crippen molar-refractivity contribution in [3.8, 4) is 0 Å². The van der Waals surface area contributed by atoms with Crippen molar-refractivity contribution in [1.82, 2.24) is 5.32 Å². The summed E-state index contributed by atoms with van der Waals surface area (Å²) in [4.78, 5) is 0. The average molecular weight is 271 g/mol. The number of aryl methyl sites for hydroxylation is 2. The molecule has 1 N–H and O–H groups in total. The molecule has 0 aliphatic carbocycles. The molecule has 2 heteroatoms. The fraction of sp³-hybridized carbons (Fsp3) is 0.333. The molecule has 20 heavy (non-hydrogen) atoms. The van der Waals surface area contributed by atoms with E-state index in [2.05, 4.69) is 50.4 Å². The second-order valence-electron chi connectivity index (χ2n) is 5.53. The van der Waals surface area contributed by atoms with Gasteiger partial charge < -0.3 is 5.32 Å². The first-order valence-electron chi connectivity index (χ1n) is 7.06. The monoisotopic (exact) mass is 271 g/mol. The van der Waals surface area contributed by atoms with Crippen LogP contribution in [0.4, 0.5) is 4.39 Å². The molecule has 0 spiro atoms. The molecule has 0 radical (unpaired) electrons. The Bertz CT molecular complexity index is 592. The highest BCUT2D eigenvalue weighted by Crippen LogP contribution is 2.21. The molecular formula is C18H22FN. The molecule has 1 unspecified atom stereocenters. The summed E-state index contributed by atoms with van der Waals surface area (Å²) < 4.78 is 13.6. The van der Waals surface area contributed by atoms with E-state index >= 15 is 0 Å². The van der Waals surface area contributed by atoms with Crippen LogP contribution in [0.2, 0.25) is 0 Å². The van der Waals surface area contributed by atoms with Crippen LogP contribution in [0.15, 0.2) is 42.5 Å². The summed E-state index contributed by atoms with van der Waals surface area (Å²) in [6.45, 7) is 8.08. The highest BCUT2D eigenvalue weighted by atomic mass is 19.1. The van der Waals surface area contributed by atoms with E-state index in [0.717, 1.165) is 5.56 Å². The topological polar surface area (TPSA) is 12.0 Å². The summed E-state index contributed by atoms with van der Waals surface area (Å²) in [6, 6.07) is 14.2. The van der Waals surface area contributed by atoms with Gasteiger partial charge in [-0.1, -0.05) is 42.0 Å². The van der Waals surface area contributed by atoms with Crippen LogP contribution in [0, 0.1) is 19.7 Å². The van der Waals surface area contributed by atoms with Crippen molar-refractivity contribution in [1.29, 1.82) is 0 Å². The molecule has 1 nitrogen and oxygen atoms in total. The largest absolute Gasteiger partial charge is 0.304 e. The molecule has 0 amide bonds. The van der Waals surface area contributed by atoms with Gasteiger partial charge in [-0.15, -0.1) is 0 Å². The fourth-order valence-electron chi connectivity index (χ4n) is 2.39. The molecule has 0 saturated carbocycles. The van der Waals surface area contributed by atoms with E-state index in [0.29, 0.717) is 5.56 Å². The minimum Gasteiger partial charge on any atom is -0.304 e. The minimum atomic E-state index is -0.139. The molecule has 0 aliphatic heterocycles. The Kier molecular flexibility index (Phi) is 4.56. The molecule has 0 aromatic heterocycles. The van der Waals surface area contributed by atoms with Gasteiger partial charge in [0.1, 0.15) is 5.82 Å². The molecule has 2 rings (SSSR count). The summed E-state index contributed by atoms with van der Waals surface area (Å²) in [5, 5.41) is 3.52. The zero-order chi connectivity index (χ0) is 14.7. The lowest BCUT2D eigenvalue weighted by molar-refractivity contribution is 0.491. The molecule has 0 bridgehead atoms. The summed E-state index contributed by atoms with van der Waals surface area (Å²) >= 11 is 0. The minimum absolute atomic E-state index is 0.112. The summed E-state index contributed by atoms with van der Waals surface area (Å²) in [5.41, 5.74) is 4.18. The van der Waals surface area contributed by atoms with Crippen molar-refractivity contribution < 1.29 is 4.39 Å². The second-order valence-corrected chi connectivity index (χ2v) is 5.53. The Morgan fingerprint density at radius 1 is 0.900 bits per heavy atom. The third-order valence-corrected chi connectivity index (χ3v) is 3.74. The summed E-state index contributed by atoms with van der Waals surface area (Å²) in [7, 11) is 0. The van der Waals surface area contributed by atoms with E-state index in [9.17, 15) is 4.39 Å². The van der Waals surface area contributed by atoms with Gasteiger partial charge in [0.2, 0.25) is 0 Å². The van der Waals surface area contributed by atoms with Crippen molar-refractivity contribution in [3.63, 3.8) is 0 Å². The first-order valence-corrected chi connectivity index (χ1v) is 7.06. The Labute approximate surface area is 120 Å². The number of rotatable bonds is 4. The van der Waals surface area contributed by atoms with Gasteiger partial charge >= 0.3 is 0 Å². The average Bonchev–Trinajstić information content (AvgIpc) is 2.41. The van der Waals surface area contributed by atoms with Gasteiger partial charge in [0.15, 0.2) is 0 Å². The molecule has 0 aliphatic rings. The molecule has 2 aromatic carbocycles. The molecule has 106 valence electrons. The van der Waals surface area contributed by atoms with E-state index < -0.39 is 0 Å². The second kappa shape index (κ2) is 6.19. The van der Waals surface area contributed by atoms with Crippen LogP contribution in [0.1, 0.15) is 48.2 Å². The van der Waals surface area contributed by atoms with Crippen molar-refractivity contribution in [3.05, 3.63) is 70.5 Å². The third kappa shape index (κ3) is 3.45. The quantitative estimate of drug-likeness (QED) is 0.837. The van der Waals surface area contributed by atoms with Gasteiger partial charge in [-0.2, -0.15) is 0 Å². The van der Waals surface area contributed by atoms with Gasteiger partial charge in [0.25, 0.3) is 0 Å². The summed E-state index contributed by atoms with van der Waals surface area (Å²) in [5.74, 6) is -0.139. The maximum Gasteiger partial charge on any atom is 0.126 e. The van der Waals surface area contributed by atoms with Crippen LogP contribution in [0.5, 0.6) is 0 Å². The first-order chi connectivity index (χ1) is 9.47. The number of hydrogen-bond donors (Lipinski definition) is 1. The van der Waals surface area contributed by atoms with Crippen LogP contribution in [-0.4, -0.2) is 0 Å². The van der Waals surface area contributed by atoms with Crippen LogP contribution in [0.25, 0.3) is 0 Å². The maximum absolute atomic E-state index is 13.6. The molecular weight excluding hydrogens is 249 g/mol. The number of hydrogen-bond acceptors (Lipinski definition) is 1. The third-order valence-electron chi connectivity index (χ3n) is 3.74. The van der Waals surface area contributed by atoms with Gasteiger partial charge in [-0.3, -0.25) is 0 Å². The first kappa shape index (κ1) is 14.7. The van der Waals surface area contributed by atoms with Crippen LogP contribution >= 0.6 is 0 Å². The Morgan fingerprint density at radius 3 is 2.15 bits per heavy atom. The van der Waals surface area contributed by atoms with Crippen molar-refractivity contribution in [2.75, 3.05) is 0 Å². The summed E-state index contributed by atoms with van der Waals surface area (Å²) in [6.07, 6.45) is 0. The van der Waals surface area contributed by atoms with Gasteiger partial charge in [-0.05, 0) is 50.5 Å². The lowest BCUT2D eigenvalue weighted by atomic mass is 10.0. The SMILES string of the molecule is Cc1cccc([C@@H](C)NC(C)c2ccc(C)c(F)c2)c1. The maximum atomic E-state index is 13.6. The van der Waals surface area contributed by atoms with E-state index in [4.69, 9.17) is 0 Å². The Hall–Kier alpha value is -1.67. The van der Waals surface area contributed by atoms with Crippen LogP contribution in [0.3, 0.4) is 0 Å². The smallest absolute Gasteiger partial charge is 0.126 e. The van der Waals surface area contributed by atoms with E-state index in [1.54, 1.807) is 13.0 Å². The van der Waals surface area contributed by atoms with E-state index in [1.807, 2.05) is 12.1 Å². The van der Waals surface area contributed by atoms with Gasteiger partial charge in [-0.25, -0.2) is 4.39 Å². The van der Waals surface area contributed by atoms with Crippen molar-refractivity contribution >= 4 is 0 Å². The van der Waals surface area contributed by atoms with Gasteiger partial charge in [0, 0.05) is 12.1 Å². The number of nitrogens with one attached hydrogen (secondary N) is 1. The molecule has 0 heterocycles. The molecule has 0 saturated heterocycles. The Morgan fingerprint density at radius 2 is 1.55 bits per heavy atom. The lowest BCUT2D eigenvalue weighted by Gasteiger charge is -2.21. The van der Waals surface area contributed by atoms with Crippen molar-refractivity contribution in [2.45, 2.75) is 39.8 Å². The number of benzene rings is 2. The normalized spacial score (nSPS) is 14.1. The predicted octanol–water partition coefficient (Wildman–Crippen LogP) is 4.85. The van der Waals surface area contributed by atoms with E-state index in [1.165, 1.54) is 11.1 Å². The highest BCUT2D eigenvalue weighted by Gasteiger charge is 2.12. The molecule has 2 aromatic rings. The number of halogens is 1. The standard InChI is InChI=1S/C18H22FN/c1-12-6-5-7-16(10-12)14(3)20-15(4)17-9-8-13(2)18(19)11-17/h5-11,14-15,20H,1-4H3/t14-,15?/m1/s1. The zero-order valence-electron chi connectivity index (χ0n) is 12.6. The van der Waals surface area contributed by atoms with E-state index in [-0.39, 0.29) is 17.9 Å². The highest BCUT2D eigenvalue weighted by molar-refractivity contribution is 5.27. The molecule has 0 fully saturated rings. The van der Waals surface area contributed by atoms with Crippen LogP contribution < -0.4 is 5.32 Å². The predicted molar refractivity (Wildman–Crippen MR) is 82.3 cm³/mol. The Balaban J connectivity index is 2.10. The zero-order valence-corrected chi connectivity index (χ0v) is 12.6.